The highest BCUT2D eigenvalue weighted by molar-refractivity contribution is 5.49. The minimum absolute atomic E-state index is 0.544. The lowest BCUT2D eigenvalue weighted by molar-refractivity contribution is 0.807. The van der Waals surface area contributed by atoms with E-state index in [1.165, 1.54) is 25.1 Å². The molecule has 0 bridgehead atoms. The first kappa shape index (κ1) is 8.36. The van der Waals surface area contributed by atoms with Crippen LogP contribution in [0.3, 0.4) is 0 Å². The zero-order valence-corrected chi connectivity index (χ0v) is 7.82. The van der Waals surface area contributed by atoms with Gasteiger partial charge < -0.3 is 4.90 Å². The molecule has 1 aliphatic heterocycles. The lowest BCUT2D eigenvalue weighted by Gasteiger charge is -2.24. The molecule has 68 valence electrons. The molecular weight excluding hydrogens is 158 g/mol. The van der Waals surface area contributed by atoms with Crippen LogP contribution in [0, 0.1) is 0 Å². The minimum atomic E-state index is 0.544. The van der Waals surface area contributed by atoms with Crippen molar-refractivity contribution in [2.75, 3.05) is 11.4 Å². The van der Waals surface area contributed by atoms with Gasteiger partial charge in [-0.1, -0.05) is 24.3 Å². The second-order valence-corrected chi connectivity index (χ2v) is 3.47. The van der Waals surface area contributed by atoms with Crippen molar-refractivity contribution < 1.29 is 0 Å². The molecular formula is C12H15N. The number of nitrogens with zero attached hydrogens (tertiary/aromatic N) is 1. The SMILES string of the molecule is C=CC1CCCN1c1ccccc1. The maximum absolute atomic E-state index is 3.88. The van der Waals surface area contributed by atoms with Gasteiger partial charge in [-0.3, -0.25) is 0 Å². The Hall–Kier alpha value is -1.24. The van der Waals surface area contributed by atoms with Crippen molar-refractivity contribution in [2.24, 2.45) is 0 Å². The van der Waals surface area contributed by atoms with E-state index in [9.17, 15) is 0 Å². The summed E-state index contributed by atoms with van der Waals surface area (Å²) in [7, 11) is 0. The van der Waals surface area contributed by atoms with Crippen molar-refractivity contribution in [3.63, 3.8) is 0 Å². The first-order valence-electron chi connectivity index (χ1n) is 4.86. The zero-order valence-electron chi connectivity index (χ0n) is 7.82. The Morgan fingerprint density at radius 3 is 2.77 bits per heavy atom. The summed E-state index contributed by atoms with van der Waals surface area (Å²) in [4.78, 5) is 2.42. The third kappa shape index (κ3) is 1.59. The normalized spacial score (nSPS) is 21.8. The fraction of sp³-hybridized carbons (Fsp3) is 0.333. The number of benzene rings is 1. The highest BCUT2D eigenvalue weighted by Crippen LogP contribution is 2.25. The van der Waals surface area contributed by atoms with Gasteiger partial charge in [0.15, 0.2) is 0 Å². The molecule has 1 saturated heterocycles. The highest BCUT2D eigenvalue weighted by Gasteiger charge is 2.21. The second kappa shape index (κ2) is 3.65. The van der Waals surface area contributed by atoms with Crippen LogP contribution in [-0.2, 0) is 0 Å². The molecule has 1 unspecified atom stereocenters. The van der Waals surface area contributed by atoms with Crippen LogP contribution in [0.4, 0.5) is 5.69 Å². The van der Waals surface area contributed by atoms with Crippen molar-refractivity contribution in [3.05, 3.63) is 43.0 Å². The first-order chi connectivity index (χ1) is 6.42. The molecule has 2 rings (SSSR count). The summed E-state index contributed by atoms with van der Waals surface area (Å²) in [6, 6.07) is 11.1. The van der Waals surface area contributed by atoms with Crippen LogP contribution in [0.15, 0.2) is 43.0 Å². The number of hydrogen-bond donors (Lipinski definition) is 0. The molecule has 0 aromatic heterocycles. The van der Waals surface area contributed by atoms with E-state index in [0.717, 1.165) is 0 Å². The second-order valence-electron chi connectivity index (χ2n) is 3.47. The van der Waals surface area contributed by atoms with E-state index in [0.29, 0.717) is 6.04 Å². The molecule has 0 amide bonds. The quantitative estimate of drug-likeness (QED) is 0.622. The van der Waals surface area contributed by atoms with Gasteiger partial charge in [0, 0.05) is 18.3 Å². The molecule has 1 aliphatic rings. The Balaban J connectivity index is 2.21. The number of rotatable bonds is 2. The van der Waals surface area contributed by atoms with Crippen LogP contribution >= 0.6 is 0 Å². The van der Waals surface area contributed by atoms with E-state index < -0.39 is 0 Å². The predicted molar refractivity (Wildman–Crippen MR) is 57.0 cm³/mol. The predicted octanol–water partition coefficient (Wildman–Crippen LogP) is 2.84. The highest BCUT2D eigenvalue weighted by atomic mass is 15.2. The molecule has 1 atom stereocenters. The van der Waals surface area contributed by atoms with Gasteiger partial charge in [0.05, 0.1) is 0 Å². The molecule has 1 heteroatoms. The molecule has 1 nitrogen and oxygen atoms in total. The van der Waals surface area contributed by atoms with Gasteiger partial charge >= 0.3 is 0 Å². The molecule has 1 heterocycles. The molecule has 0 spiro atoms. The van der Waals surface area contributed by atoms with Gasteiger partial charge in [0.2, 0.25) is 0 Å². The summed E-state index contributed by atoms with van der Waals surface area (Å²) < 4.78 is 0. The maximum Gasteiger partial charge on any atom is 0.0471 e. The Morgan fingerprint density at radius 1 is 1.31 bits per heavy atom. The van der Waals surface area contributed by atoms with E-state index in [-0.39, 0.29) is 0 Å². The molecule has 0 saturated carbocycles. The van der Waals surface area contributed by atoms with Crippen LogP contribution in [-0.4, -0.2) is 12.6 Å². The summed E-state index contributed by atoms with van der Waals surface area (Å²) in [5.41, 5.74) is 1.32. The topological polar surface area (TPSA) is 3.24 Å². The standard InChI is InChI=1S/C12H15N/c1-2-11-9-6-10-13(11)12-7-4-3-5-8-12/h2-5,7-8,11H,1,6,9-10H2. The van der Waals surface area contributed by atoms with Gasteiger partial charge in [0.25, 0.3) is 0 Å². The van der Waals surface area contributed by atoms with Gasteiger partial charge in [-0.15, -0.1) is 6.58 Å². The minimum Gasteiger partial charge on any atom is -0.365 e. The van der Waals surface area contributed by atoms with E-state index in [2.05, 4.69) is 47.9 Å². The summed E-state index contributed by atoms with van der Waals surface area (Å²) in [6.45, 7) is 5.04. The molecule has 1 fully saturated rings. The molecule has 0 radical (unpaired) electrons. The number of anilines is 1. The molecule has 0 N–H and O–H groups in total. The van der Waals surface area contributed by atoms with Crippen molar-refractivity contribution in [1.82, 2.24) is 0 Å². The fourth-order valence-electron chi connectivity index (χ4n) is 1.98. The summed E-state index contributed by atoms with van der Waals surface area (Å²) in [5, 5.41) is 0. The van der Waals surface area contributed by atoms with Crippen molar-refractivity contribution in [3.8, 4) is 0 Å². The summed E-state index contributed by atoms with van der Waals surface area (Å²) in [5.74, 6) is 0. The lowest BCUT2D eigenvalue weighted by Crippen LogP contribution is -2.26. The largest absolute Gasteiger partial charge is 0.365 e. The van der Waals surface area contributed by atoms with E-state index in [1.807, 2.05) is 0 Å². The monoisotopic (exact) mass is 173 g/mol. The third-order valence-electron chi connectivity index (χ3n) is 2.66. The zero-order chi connectivity index (χ0) is 9.10. The Labute approximate surface area is 79.7 Å². The van der Waals surface area contributed by atoms with Crippen molar-refractivity contribution in [2.45, 2.75) is 18.9 Å². The van der Waals surface area contributed by atoms with Crippen LogP contribution < -0.4 is 4.90 Å². The van der Waals surface area contributed by atoms with Gasteiger partial charge in [0.1, 0.15) is 0 Å². The van der Waals surface area contributed by atoms with Crippen molar-refractivity contribution in [1.29, 1.82) is 0 Å². The number of para-hydroxylation sites is 1. The first-order valence-corrected chi connectivity index (χ1v) is 4.86. The fourth-order valence-corrected chi connectivity index (χ4v) is 1.98. The third-order valence-corrected chi connectivity index (χ3v) is 2.66. The van der Waals surface area contributed by atoms with Gasteiger partial charge in [-0.2, -0.15) is 0 Å². The Bertz CT molecular complexity index is 278. The van der Waals surface area contributed by atoms with Crippen LogP contribution in [0.1, 0.15) is 12.8 Å². The molecule has 0 aliphatic carbocycles. The summed E-state index contributed by atoms with van der Waals surface area (Å²) >= 11 is 0. The lowest BCUT2D eigenvalue weighted by atomic mass is 10.2. The van der Waals surface area contributed by atoms with Gasteiger partial charge in [-0.05, 0) is 25.0 Å². The van der Waals surface area contributed by atoms with E-state index in [4.69, 9.17) is 0 Å². The van der Waals surface area contributed by atoms with Crippen LogP contribution in [0.5, 0.6) is 0 Å². The van der Waals surface area contributed by atoms with E-state index in [1.54, 1.807) is 0 Å². The Kier molecular flexibility index (Phi) is 2.35. The average Bonchev–Trinajstić information content (AvgIpc) is 2.67. The smallest absolute Gasteiger partial charge is 0.0471 e. The van der Waals surface area contributed by atoms with E-state index >= 15 is 0 Å². The van der Waals surface area contributed by atoms with Gasteiger partial charge in [-0.25, -0.2) is 0 Å². The summed E-state index contributed by atoms with van der Waals surface area (Å²) in [6.07, 6.45) is 4.59. The van der Waals surface area contributed by atoms with Crippen molar-refractivity contribution >= 4 is 5.69 Å². The average molecular weight is 173 g/mol. The molecule has 13 heavy (non-hydrogen) atoms. The Morgan fingerprint density at radius 2 is 2.08 bits per heavy atom. The maximum atomic E-state index is 3.88. The molecule has 1 aromatic carbocycles. The number of hydrogen-bond acceptors (Lipinski definition) is 1. The van der Waals surface area contributed by atoms with Crippen LogP contribution in [0.2, 0.25) is 0 Å². The molecule has 1 aromatic rings. The van der Waals surface area contributed by atoms with Crippen LogP contribution in [0.25, 0.3) is 0 Å².